The Balaban J connectivity index is 1.27. The van der Waals surface area contributed by atoms with Crippen LogP contribution in [-0.2, 0) is 16.6 Å². The normalized spacial score (nSPS) is 26.6. The lowest BCUT2D eigenvalue weighted by Gasteiger charge is -2.24. The SMILES string of the molecule is Cc1cccc(C)c1NC(=O)CN1C[C@H]2CCC[C@@]2(c2nc(CC3CC3)no2)C1. The smallest absolute Gasteiger partial charge is 0.238 e. The minimum absolute atomic E-state index is 0.0532. The minimum Gasteiger partial charge on any atom is -0.339 e. The molecule has 3 aliphatic rings. The van der Waals surface area contributed by atoms with Crippen molar-refractivity contribution in [3.63, 3.8) is 0 Å². The Kier molecular flexibility index (Phi) is 4.69. The number of fused-ring (bicyclic) bond motifs is 1. The Morgan fingerprint density at radius 2 is 2.07 bits per heavy atom. The van der Waals surface area contributed by atoms with E-state index in [9.17, 15) is 4.79 Å². The predicted molar refractivity (Wildman–Crippen MR) is 111 cm³/mol. The van der Waals surface area contributed by atoms with Gasteiger partial charge >= 0.3 is 0 Å². The summed E-state index contributed by atoms with van der Waals surface area (Å²) in [6, 6.07) is 6.09. The zero-order valence-electron chi connectivity index (χ0n) is 17.4. The maximum atomic E-state index is 12.8. The fourth-order valence-corrected chi connectivity index (χ4v) is 5.38. The van der Waals surface area contributed by atoms with E-state index in [2.05, 4.69) is 15.4 Å². The van der Waals surface area contributed by atoms with Gasteiger partial charge in [-0.05, 0) is 62.5 Å². The second-order valence-corrected chi connectivity index (χ2v) is 9.39. The highest BCUT2D eigenvalue weighted by atomic mass is 16.5. The molecule has 2 saturated carbocycles. The van der Waals surface area contributed by atoms with E-state index in [0.717, 1.165) is 60.4 Å². The fourth-order valence-electron chi connectivity index (χ4n) is 5.38. The second kappa shape index (κ2) is 7.24. The summed E-state index contributed by atoms with van der Waals surface area (Å²) in [5.41, 5.74) is 3.07. The van der Waals surface area contributed by atoms with Crippen molar-refractivity contribution in [1.82, 2.24) is 15.0 Å². The quantitative estimate of drug-likeness (QED) is 0.810. The lowest BCUT2D eigenvalue weighted by Crippen LogP contribution is -2.36. The van der Waals surface area contributed by atoms with Gasteiger partial charge in [0.2, 0.25) is 11.8 Å². The highest BCUT2D eigenvalue weighted by Crippen LogP contribution is 2.50. The van der Waals surface area contributed by atoms with Gasteiger partial charge in [-0.2, -0.15) is 4.98 Å². The van der Waals surface area contributed by atoms with Crippen LogP contribution >= 0.6 is 0 Å². The molecule has 5 rings (SSSR count). The molecule has 2 aliphatic carbocycles. The number of carbonyl (C=O) groups excluding carboxylic acids is 1. The number of carbonyl (C=O) groups is 1. The van der Waals surface area contributed by atoms with E-state index < -0.39 is 0 Å². The molecule has 0 radical (unpaired) electrons. The molecule has 154 valence electrons. The third-order valence-electron chi connectivity index (χ3n) is 7.12. The van der Waals surface area contributed by atoms with Gasteiger partial charge < -0.3 is 9.84 Å². The van der Waals surface area contributed by atoms with Crippen molar-refractivity contribution in [3.05, 3.63) is 41.0 Å². The topological polar surface area (TPSA) is 71.3 Å². The number of likely N-dealkylation sites (tertiary alicyclic amines) is 1. The Labute approximate surface area is 172 Å². The standard InChI is InChI=1S/C23H30N4O2/c1-15-5-3-6-16(2)21(15)25-20(28)13-27-12-18-7-4-10-23(18,14-27)22-24-19(26-29-22)11-17-8-9-17/h3,5-6,17-18H,4,7-14H2,1-2H3,(H,25,28)/t18-,23-/m1/s1. The first-order valence-electron chi connectivity index (χ1n) is 10.9. The Morgan fingerprint density at radius 1 is 1.28 bits per heavy atom. The lowest BCUT2D eigenvalue weighted by atomic mass is 9.80. The fraction of sp³-hybridized carbons (Fsp3) is 0.609. The monoisotopic (exact) mass is 394 g/mol. The van der Waals surface area contributed by atoms with Gasteiger partial charge in [0, 0.05) is 25.2 Å². The molecule has 0 bridgehead atoms. The molecule has 1 aliphatic heterocycles. The van der Waals surface area contributed by atoms with Crippen LogP contribution in [0.3, 0.4) is 0 Å². The number of hydrogen-bond acceptors (Lipinski definition) is 5. The molecule has 2 heterocycles. The van der Waals surface area contributed by atoms with Crippen LogP contribution in [0.2, 0.25) is 0 Å². The highest BCUT2D eigenvalue weighted by molar-refractivity contribution is 5.93. The molecule has 3 fully saturated rings. The molecule has 1 N–H and O–H groups in total. The summed E-state index contributed by atoms with van der Waals surface area (Å²) in [6.07, 6.45) is 6.99. The van der Waals surface area contributed by atoms with Crippen LogP contribution in [0.4, 0.5) is 5.69 Å². The molecule has 1 amide bonds. The summed E-state index contributed by atoms with van der Waals surface area (Å²) in [6.45, 7) is 6.25. The van der Waals surface area contributed by atoms with Gasteiger partial charge in [0.05, 0.1) is 12.0 Å². The predicted octanol–water partition coefficient (Wildman–Crippen LogP) is 3.63. The van der Waals surface area contributed by atoms with Gasteiger partial charge in [0.25, 0.3) is 0 Å². The van der Waals surface area contributed by atoms with Crippen LogP contribution in [0.25, 0.3) is 0 Å². The molecule has 2 atom stereocenters. The molecular formula is C23H30N4O2. The highest BCUT2D eigenvalue weighted by Gasteiger charge is 2.54. The number of para-hydroxylation sites is 1. The van der Waals surface area contributed by atoms with Crippen molar-refractivity contribution in [2.45, 2.75) is 57.8 Å². The van der Waals surface area contributed by atoms with Crippen LogP contribution in [0.5, 0.6) is 0 Å². The summed E-state index contributed by atoms with van der Waals surface area (Å²) >= 11 is 0. The summed E-state index contributed by atoms with van der Waals surface area (Å²) in [5.74, 6) is 3.00. The number of aromatic nitrogens is 2. The Hall–Kier alpha value is -2.21. The molecule has 0 unspecified atom stereocenters. The first kappa shape index (κ1) is 18.8. The number of aryl methyl sites for hydroxylation is 2. The van der Waals surface area contributed by atoms with Gasteiger partial charge in [-0.25, -0.2) is 0 Å². The molecule has 1 saturated heterocycles. The maximum absolute atomic E-state index is 12.8. The molecule has 29 heavy (non-hydrogen) atoms. The summed E-state index contributed by atoms with van der Waals surface area (Å²) in [4.78, 5) is 19.8. The molecule has 6 heteroatoms. The number of nitrogens with zero attached hydrogens (tertiary/aromatic N) is 3. The van der Waals surface area contributed by atoms with E-state index in [1.807, 2.05) is 32.0 Å². The van der Waals surface area contributed by atoms with Crippen molar-refractivity contribution in [2.24, 2.45) is 11.8 Å². The summed E-state index contributed by atoms with van der Waals surface area (Å²) in [5, 5.41) is 7.40. The van der Waals surface area contributed by atoms with Gasteiger partial charge in [-0.3, -0.25) is 9.69 Å². The Bertz CT molecular complexity index is 899. The number of nitrogens with one attached hydrogen (secondary N) is 1. The lowest BCUT2D eigenvalue weighted by molar-refractivity contribution is -0.117. The van der Waals surface area contributed by atoms with Crippen LogP contribution in [0.1, 0.15) is 54.9 Å². The van der Waals surface area contributed by atoms with Gasteiger partial charge in [-0.15, -0.1) is 0 Å². The summed E-state index contributed by atoms with van der Waals surface area (Å²) in [7, 11) is 0. The molecule has 2 aromatic rings. The van der Waals surface area contributed by atoms with Crippen molar-refractivity contribution >= 4 is 11.6 Å². The average Bonchev–Trinajstić information content (AvgIpc) is 3.06. The van der Waals surface area contributed by atoms with Crippen LogP contribution < -0.4 is 5.32 Å². The number of anilines is 1. The van der Waals surface area contributed by atoms with Gasteiger partial charge in [0.1, 0.15) is 0 Å². The number of rotatable bonds is 6. The molecule has 6 nitrogen and oxygen atoms in total. The molecule has 1 aromatic carbocycles. The zero-order chi connectivity index (χ0) is 20.0. The van der Waals surface area contributed by atoms with Crippen LogP contribution in [0.15, 0.2) is 22.7 Å². The van der Waals surface area contributed by atoms with Crippen molar-refractivity contribution in [1.29, 1.82) is 0 Å². The Morgan fingerprint density at radius 3 is 2.83 bits per heavy atom. The van der Waals surface area contributed by atoms with Crippen LogP contribution in [-0.4, -0.2) is 40.6 Å². The van der Waals surface area contributed by atoms with E-state index in [0.29, 0.717) is 12.5 Å². The number of amides is 1. The van der Waals surface area contributed by atoms with Crippen molar-refractivity contribution in [2.75, 3.05) is 25.0 Å². The van der Waals surface area contributed by atoms with E-state index >= 15 is 0 Å². The average molecular weight is 395 g/mol. The first-order valence-corrected chi connectivity index (χ1v) is 10.9. The first-order chi connectivity index (χ1) is 14.0. The van der Waals surface area contributed by atoms with Crippen molar-refractivity contribution < 1.29 is 9.32 Å². The largest absolute Gasteiger partial charge is 0.339 e. The van der Waals surface area contributed by atoms with E-state index in [1.54, 1.807) is 0 Å². The second-order valence-electron chi connectivity index (χ2n) is 9.39. The summed E-state index contributed by atoms with van der Waals surface area (Å²) < 4.78 is 5.77. The van der Waals surface area contributed by atoms with Gasteiger partial charge in [0.15, 0.2) is 5.82 Å². The molecular weight excluding hydrogens is 364 g/mol. The van der Waals surface area contributed by atoms with Crippen LogP contribution in [0, 0.1) is 25.7 Å². The third-order valence-corrected chi connectivity index (χ3v) is 7.12. The van der Waals surface area contributed by atoms with E-state index in [1.165, 1.54) is 25.7 Å². The minimum atomic E-state index is -0.0618. The third kappa shape index (κ3) is 3.59. The van der Waals surface area contributed by atoms with E-state index in [4.69, 9.17) is 9.51 Å². The zero-order valence-corrected chi connectivity index (χ0v) is 17.4. The molecule has 0 spiro atoms. The molecule has 1 aromatic heterocycles. The van der Waals surface area contributed by atoms with Gasteiger partial charge in [-0.1, -0.05) is 29.8 Å². The number of hydrogen-bond donors (Lipinski definition) is 1. The maximum Gasteiger partial charge on any atom is 0.238 e. The van der Waals surface area contributed by atoms with Crippen molar-refractivity contribution in [3.8, 4) is 0 Å². The number of benzene rings is 1. The van der Waals surface area contributed by atoms with E-state index in [-0.39, 0.29) is 11.3 Å².